The van der Waals surface area contributed by atoms with E-state index >= 15 is 0 Å². The fourth-order valence-corrected chi connectivity index (χ4v) is 3.01. The van der Waals surface area contributed by atoms with Gasteiger partial charge in [0.2, 0.25) is 5.91 Å². The van der Waals surface area contributed by atoms with Gasteiger partial charge in [-0.15, -0.1) is 0 Å². The second-order valence-electron chi connectivity index (χ2n) is 6.02. The van der Waals surface area contributed by atoms with E-state index in [1.54, 1.807) is 11.0 Å². The van der Waals surface area contributed by atoms with Crippen molar-refractivity contribution in [1.82, 2.24) is 9.80 Å². The van der Waals surface area contributed by atoms with Gasteiger partial charge in [0.05, 0.1) is 11.1 Å². The highest BCUT2D eigenvalue weighted by atomic mass is 16.2. The Morgan fingerprint density at radius 1 is 1.12 bits per heavy atom. The van der Waals surface area contributed by atoms with E-state index in [0.29, 0.717) is 37.2 Å². The molecular formula is C16H18N4O4. The average molecular weight is 330 g/mol. The minimum Gasteiger partial charge on any atom is -0.369 e. The number of amides is 5. The van der Waals surface area contributed by atoms with E-state index in [0.717, 1.165) is 4.90 Å². The van der Waals surface area contributed by atoms with E-state index in [1.165, 1.54) is 19.2 Å². The Balaban J connectivity index is 1.67. The molecule has 0 bridgehead atoms. The number of carbonyl (C=O) groups excluding carboxylic acids is 4. The van der Waals surface area contributed by atoms with Gasteiger partial charge in [-0.1, -0.05) is 0 Å². The molecule has 126 valence electrons. The zero-order valence-electron chi connectivity index (χ0n) is 13.2. The molecule has 0 aromatic heterocycles. The molecule has 1 aromatic carbocycles. The molecule has 8 nitrogen and oxygen atoms in total. The summed E-state index contributed by atoms with van der Waals surface area (Å²) in [5.41, 5.74) is 6.35. The maximum absolute atomic E-state index is 12.3. The fraction of sp³-hybridized carbons (Fsp3) is 0.375. The first-order valence-electron chi connectivity index (χ1n) is 7.70. The number of benzene rings is 1. The smallest absolute Gasteiger partial charge is 0.321 e. The van der Waals surface area contributed by atoms with Gasteiger partial charge in [0, 0.05) is 31.7 Å². The fourth-order valence-electron chi connectivity index (χ4n) is 3.01. The molecule has 0 aliphatic carbocycles. The molecule has 2 aliphatic heterocycles. The van der Waals surface area contributed by atoms with Crippen LogP contribution < -0.4 is 11.1 Å². The van der Waals surface area contributed by atoms with E-state index in [4.69, 9.17) is 5.73 Å². The Morgan fingerprint density at radius 3 is 2.38 bits per heavy atom. The minimum absolute atomic E-state index is 0.187. The summed E-state index contributed by atoms with van der Waals surface area (Å²) in [5.74, 6) is -1.25. The van der Waals surface area contributed by atoms with Gasteiger partial charge in [0.1, 0.15) is 0 Å². The number of imide groups is 1. The van der Waals surface area contributed by atoms with Gasteiger partial charge in [-0.25, -0.2) is 4.79 Å². The number of primary amides is 1. The molecule has 0 radical (unpaired) electrons. The standard InChI is InChI=1S/C16H18N4O4/c1-19-14(22)11-3-2-10(8-12(11)15(19)23)18-16(24)20-6-4-9(5-7-20)13(17)21/h2-3,8-9H,4-7H2,1H3,(H2,17,21)(H,18,24). The lowest BCUT2D eigenvalue weighted by Gasteiger charge is -2.30. The van der Waals surface area contributed by atoms with Crippen LogP contribution in [0.4, 0.5) is 10.5 Å². The third-order valence-corrected chi connectivity index (χ3v) is 4.53. The SMILES string of the molecule is CN1C(=O)c2ccc(NC(=O)N3CCC(C(N)=O)CC3)cc2C1=O. The highest BCUT2D eigenvalue weighted by Crippen LogP contribution is 2.25. The number of likely N-dealkylation sites (tertiary alicyclic amines) is 1. The molecule has 1 fully saturated rings. The van der Waals surface area contributed by atoms with Crippen molar-refractivity contribution in [3.05, 3.63) is 29.3 Å². The van der Waals surface area contributed by atoms with Crippen LogP contribution >= 0.6 is 0 Å². The predicted octanol–water partition coefficient (Wildman–Crippen LogP) is 0.642. The molecule has 8 heteroatoms. The van der Waals surface area contributed by atoms with Crippen molar-refractivity contribution in [1.29, 1.82) is 0 Å². The number of fused-ring (bicyclic) bond motifs is 1. The number of rotatable bonds is 2. The highest BCUT2D eigenvalue weighted by Gasteiger charge is 2.33. The van der Waals surface area contributed by atoms with Gasteiger partial charge < -0.3 is 16.0 Å². The van der Waals surface area contributed by atoms with Crippen LogP contribution in [0, 0.1) is 5.92 Å². The lowest BCUT2D eigenvalue weighted by Crippen LogP contribution is -2.43. The third kappa shape index (κ3) is 2.70. The average Bonchev–Trinajstić information content (AvgIpc) is 2.79. The van der Waals surface area contributed by atoms with Crippen molar-refractivity contribution >= 4 is 29.4 Å². The van der Waals surface area contributed by atoms with Crippen molar-refractivity contribution in [3.63, 3.8) is 0 Å². The van der Waals surface area contributed by atoms with Crippen LogP contribution in [-0.4, -0.2) is 53.7 Å². The quantitative estimate of drug-likeness (QED) is 0.775. The largest absolute Gasteiger partial charge is 0.369 e. The summed E-state index contributed by atoms with van der Waals surface area (Å²) in [6.45, 7) is 0.898. The normalized spacial score (nSPS) is 17.9. The molecule has 2 heterocycles. The molecule has 3 N–H and O–H groups in total. The molecular weight excluding hydrogens is 312 g/mol. The summed E-state index contributed by atoms with van der Waals surface area (Å²) in [4.78, 5) is 49.9. The van der Waals surface area contributed by atoms with E-state index in [2.05, 4.69) is 5.32 Å². The number of nitrogens with one attached hydrogen (secondary N) is 1. The Kier molecular flexibility index (Phi) is 3.96. The molecule has 1 saturated heterocycles. The van der Waals surface area contributed by atoms with Gasteiger partial charge in [0.15, 0.2) is 0 Å². The van der Waals surface area contributed by atoms with Crippen LogP contribution in [0.2, 0.25) is 0 Å². The van der Waals surface area contributed by atoms with E-state index in [9.17, 15) is 19.2 Å². The van der Waals surface area contributed by atoms with Crippen LogP contribution in [0.25, 0.3) is 0 Å². The lowest BCUT2D eigenvalue weighted by atomic mass is 9.96. The summed E-state index contributed by atoms with van der Waals surface area (Å²) in [7, 11) is 1.42. The zero-order valence-corrected chi connectivity index (χ0v) is 13.2. The molecule has 24 heavy (non-hydrogen) atoms. The first-order valence-corrected chi connectivity index (χ1v) is 7.70. The van der Waals surface area contributed by atoms with Crippen LogP contribution in [-0.2, 0) is 4.79 Å². The summed E-state index contributed by atoms with van der Waals surface area (Å²) in [6.07, 6.45) is 1.09. The maximum atomic E-state index is 12.3. The number of hydrogen-bond acceptors (Lipinski definition) is 4. The molecule has 0 spiro atoms. The molecule has 2 aliphatic rings. The van der Waals surface area contributed by atoms with Gasteiger partial charge in [0.25, 0.3) is 11.8 Å². The molecule has 0 atom stereocenters. The van der Waals surface area contributed by atoms with Crippen LogP contribution in [0.5, 0.6) is 0 Å². The number of urea groups is 1. The van der Waals surface area contributed by atoms with Gasteiger partial charge in [-0.2, -0.15) is 0 Å². The molecule has 0 saturated carbocycles. The molecule has 1 aromatic rings. The number of piperidine rings is 1. The zero-order chi connectivity index (χ0) is 17.4. The van der Waals surface area contributed by atoms with Crippen molar-refractivity contribution in [2.24, 2.45) is 11.7 Å². The minimum atomic E-state index is -0.381. The molecule has 5 amide bonds. The van der Waals surface area contributed by atoms with Gasteiger partial charge >= 0.3 is 6.03 Å². The van der Waals surface area contributed by atoms with Crippen molar-refractivity contribution in [2.75, 3.05) is 25.5 Å². The highest BCUT2D eigenvalue weighted by molar-refractivity contribution is 6.21. The Hall–Kier alpha value is -2.90. The molecule has 3 rings (SSSR count). The van der Waals surface area contributed by atoms with E-state index < -0.39 is 0 Å². The topological polar surface area (TPSA) is 113 Å². The predicted molar refractivity (Wildman–Crippen MR) is 85.4 cm³/mol. The summed E-state index contributed by atoms with van der Waals surface area (Å²) in [6, 6.07) is 4.33. The number of anilines is 1. The summed E-state index contributed by atoms with van der Waals surface area (Å²) in [5, 5.41) is 2.72. The second kappa shape index (κ2) is 5.95. The Labute approximate surface area is 138 Å². The van der Waals surface area contributed by atoms with E-state index in [-0.39, 0.29) is 35.2 Å². The van der Waals surface area contributed by atoms with Gasteiger partial charge in [-0.3, -0.25) is 19.3 Å². The summed E-state index contributed by atoms with van der Waals surface area (Å²) < 4.78 is 0. The maximum Gasteiger partial charge on any atom is 0.321 e. The third-order valence-electron chi connectivity index (χ3n) is 4.53. The van der Waals surface area contributed by atoms with Crippen LogP contribution in [0.1, 0.15) is 33.6 Å². The van der Waals surface area contributed by atoms with Crippen molar-refractivity contribution in [3.8, 4) is 0 Å². The Bertz CT molecular complexity index is 738. The number of nitrogens with two attached hydrogens (primary N) is 1. The number of hydrogen-bond donors (Lipinski definition) is 2. The monoisotopic (exact) mass is 330 g/mol. The second-order valence-corrected chi connectivity index (χ2v) is 6.02. The van der Waals surface area contributed by atoms with Crippen molar-refractivity contribution < 1.29 is 19.2 Å². The summed E-state index contributed by atoms with van der Waals surface area (Å²) >= 11 is 0. The van der Waals surface area contributed by atoms with Gasteiger partial charge in [-0.05, 0) is 31.0 Å². The van der Waals surface area contributed by atoms with Crippen LogP contribution in [0.3, 0.4) is 0 Å². The van der Waals surface area contributed by atoms with Crippen LogP contribution in [0.15, 0.2) is 18.2 Å². The first kappa shape index (κ1) is 16.0. The first-order chi connectivity index (χ1) is 11.4. The van der Waals surface area contributed by atoms with E-state index in [1.807, 2.05) is 0 Å². The molecule has 0 unspecified atom stereocenters. The van der Waals surface area contributed by atoms with Crippen molar-refractivity contribution in [2.45, 2.75) is 12.8 Å². The lowest BCUT2D eigenvalue weighted by molar-refractivity contribution is -0.122. The number of nitrogens with zero attached hydrogens (tertiary/aromatic N) is 2. The number of carbonyl (C=O) groups is 4. The Morgan fingerprint density at radius 2 is 1.75 bits per heavy atom.